The predicted molar refractivity (Wildman–Crippen MR) is 101 cm³/mol. The van der Waals surface area contributed by atoms with Gasteiger partial charge in [0.2, 0.25) is 5.75 Å². The number of ether oxygens (including phenoxy) is 2. The van der Waals surface area contributed by atoms with E-state index < -0.39 is 57.4 Å². The predicted octanol–water partition coefficient (Wildman–Crippen LogP) is 3.09. The molecule has 0 atom stereocenters. The van der Waals surface area contributed by atoms with E-state index in [1.807, 2.05) is 13.0 Å². The van der Waals surface area contributed by atoms with Crippen molar-refractivity contribution in [2.24, 2.45) is 0 Å². The fraction of sp³-hybridized carbons (Fsp3) is 0.238. The number of hydrogen-bond acceptors (Lipinski definition) is 8. The number of benzene rings is 2. The third-order valence-electron chi connectivity index (χ3n) is 4.01. The standard InChI is InChI=1S/C21H20O8/c1-10-6-5-7-14(8-10)9-28-21(27)17-15(11(2)22)18(25)19(26)20(29-13(4)24)16(17)12(3)23/h5-8,25-26H,9H2,1-4H3. The molecule has 8 nitrogen and oxygen atoms in total. The molecular weight excluding hydrogens is 380 g/mol. The van der Waals surface area contributed by atoms with E-state index in [0.717, 1.165) is 26.3 Å². The van der Waals surface area contributed by atoms with E-state index in [4.69, 9.17) is 9.47 Å². The first-order chi connectivity index (χ1) is 13.5. The van der Waals surface area contributed by atoms with Gasteiger partial charge in [0.15, 0.2) is 23.1 Å². The third-order valence-corrected chi connectivity index (χ3v) is 4.01. The van der Waals surface area contributed by atoms with Crippen molar-refractivity contribution >= 4 is 23.5 Å². The second-order valence-electron chi connectivity index (χ2n) is 6.42. The van der Waals surface area contributed by atoms with Gasteiger partial charge in [-0.3, -0.25) is 14.4 Å². The van der Waals surface area contributed by atoms with Crippen LogP contribution in [-0.2, 0) is 16.1 Å². The molecule has 8 heteroatoms. The number of esters is 2. The Hall–Kier alpha value is -3.68. The van der Waals surface area contributed by atoms with Gasteiger partial charge < -0.3 is 19.7 Å². The SMILES string of the molecule is CC(=O)Oc1c(O)c(O)c(C(C)=O)c(C(=O)OCc2cccc(C)c2)c1C(C)=O. The molecule has 2 rings (SSSR count). The summed E-state index contributed by atoms with van der Waals surface area (Å²) in [4.78, 5) is 48.5. The molecule has 0 heterocycles. The summed E-state index contributed by atoms with van der Waals surface area (Å²) in [5.74, 6) is -6.26. The first-order valence-electron chi connectivity index (χ1n) is 8.59. The number of rotatable bonds is 6. The summed E-state index contributed by atoms with van der Waals surface area (Å²) in [6, 6.07) is 7.13. The molecule has 2 N–H and O–H groups in total. The molecule has 152 valence electrons. The van der Waals surface area contributed by atoms with Crippen molar-refractivity contribution in [1.29, 1.82) is 0 Å². The molecule has 0 aliphatic rings. The smallest absolute Gasteiger partial charge is 0.340 e. The van der Waals surface area contributed by atoms with Crippen molar-refractivity contribution in [1.82, 2.24) is 0 Å². The fourth-order valence-corrected chi connectivity index (χ4v) is 2.85. The lowest BCUT2D eigenvalue weighted by molar-refractivity contribution is -0.132. The molecule has 0 spiro atoms. The molecule has 2 aromatic rings. The Morgan fingerprint density at radius 1 is 0.897 bits per heavy atom. The van der Waals surface area contributed by atoms with Gasteiger partial charge in [-0.1, -0.05) is 29.8 Å². The molecule has 0 radical (unpaired) electrons. The van der Waals surface area contributed by atoms with Crippen molar-refractivity contribution in [3.8, 4) is 17.2 Å². The van der Waals surface area contributed by atoms with Crippen LogP contribution in [0.4, 0.5) is 0 Å². The minimum Gasteiger partial charge on any atom is -0.504 e. The van der Waals surface area contributed by atoms with Crippen molar-refractivity contribution in [3.63, 3.8) is 0 Å². The molecule has 0 aliphatic carbocycles. The first-order valence-corrected chi connectivity index (χ1v) is 8.59. The maximum Gasteiger partial charge on any atom is 0.340 e. The van der Waals surface area contributed by atoms with Gasteiger partial charge in [-0.15, -0.1) is 0 Å². The highest BCUT2D eigenvalue weighted by Gasteiger charge is 2.34. The Bertz CT molecular complexity index is 1020. The van der Waals surface area contributed by atoms with Gasteiger partial charge in [-0.05, 0) is 26.3 Å². The summed E-state index contributed by atoms with van der Waals surface area (Å²) < 4.78 is 10.1. The van der Waals surface area contributed by atoms with Gasteiger partial charge in [0.25, 0.3) is 0 Å². The van der Waals surface area contributed by atoms with E-state index in [1.165, 1.54) is 0 Å². The molecule has 0 aromatic heterocycles. The number of carbonyl (C=O) groups excluding carboxylic acids is 4. The number of phenols is 2. The van der Waals surface area contributed by atoms with E-state index in [0.29, 0.717) is 5.56 Å². The van der Waals surface area contributed by atoms with Gasteiger partial charge in [-0.2, -0.15) is 0 Å². The summed E-state index contributed by atoms with van der Waals surface area (Å²) in [6.45, 7) is 4.80. The molecule has 0 saturated carbocycles. The molecule has 0 amide bonds. The Kier molecular flexibility index (Phi) is 6.38. The van der Waals surface area contributed by atoms with Crippen LogP contribution in [0.1, 0.15) is 63.0 Å². The Balaban J connectivity index is 2.64. The molecule has 0 saturated heterocycles. The van der Waals surface area contributed by atoms with Gasteiger partial charge in [-0.25, -0.2) is 4.79 Å². The summed E-state index contributed by atoms with van der Waals surface area (Å²) in [5.41, 5.74) is -0.112. The van der Waals surface area contributed by atoms with E-state index in [2.05, 4.69) is 0 Å². The zero-order valence-electron chi connectivity index (χ0n) is 16.4. The number of Topliss-reactive ketones (excluding diaryl/α,β-unsaturated/α-hetero) is 2. The highest BCUT2D eigenvalue weighted by molar-refractivity contribution is 6.16. The number of ketones is 2. The molecule has 29 heavy (non-hydrogen) atoms. The number of phenolic OH excluding ortho intramolecular Hbond substituents is 2. The summed E-state index contributed by atoms with van der Waals surface area (Å²) in [7, 11) is 0. The van der Waals surface area contributed by atoms with Crippen LogP contribution in [0.2, 0.25) is 0 Å². The van der Waals surface area contributed by atoms with E-state index in [9.17, 15) is 29.4 Å². The van der Waals surface area contributed by atoms with Crippen LogP contribution in [-0.4, -0.2) is 33.7 Å². The minimum absolute atomic E-state index is 0.167. The molecule has 0 aliphatic heterocycles. The monoisotopic (exact) mass is 400 g/mol. The minimum atomic E-state index is -1.09. The van der Waals surface area contributed by atoms with Crippen LogP contribution in [0.15, 0.2) is 24.3 Å². The van der Waals surface area contributed by atoms with E-state index in [-0.39, 0.29) is 6.61 Å². The highest BCUT2D eigenvalue weighted by Crippen LogP contribution is 2.45. The lowest BCUT2D eigenvalue weighted by Crippen LogP contribution is -2.18. The zero-order valence-corrected chi connectivity index (χ0v) is 16.4. The Morgan fingerprint density at radius 3 is 2.03 bits per heavy atom. The number of carbonyl (C=O) groups is 4. The van der Waals surface area contributed by atoms with Crippen LogP contribution in [0.3, 0.4) is 0 Å². The van der Waals surface area contributed by atoms with Gasteiger partial charge in [0.1, 0.15) is 6.61 Å². The van der Waals surface area contributed by atoms with Gasteiger partial charge in [0, 0.05) is 6.92 Å². The quantitative estimate of drug-likeness (QED) is 0.328. The number of aromatic hydroxyl groups is 2. The van der Waals surface area contributed by atoms with Crippen LogP contribution in [0.25, 0.3) is 0 Å². The largest absolute Gasteiger partial charge is 0.504 e. The number of aryl methyl sites for hydroxylation is 1. The lowest BCUT2D eigenvalue weighted by atomic mass is 9.93. The maximum absolute atomic E-state index is 12.8. The molecule has 0 bridgehead atoms. The maximum atomic E-state index is 12.8. The van der Waals surface area contributed by atoms with Gasteiger partial charge >= 0.3 is 11.9 Å². The topological polar surface area (TPSA) is 127 Å². The molecule has 2 aromatic carbocycles. The summed E-state index contributed by atoms with van der Waals surface area (Å²) in [6.07, 6.45) is 0. The summed E-state index contributed by atoms with van der Waals surface area (Å²) in [5, 5.41) is 20.4. The number of hydrogen-bond donors (Lipinski definition) is 2. The van der Waals surface area contributed by atoms with Crippen LogP contribution >= 0.6 is 0 Å². The third kappa shape index (κ3) is 4.60. The first kappa shape index (κ1) is 21.6. The van der Waals surface area contributed by atoms with Crippen molar-refractivity contribution in [3.05, 3.63) is 52.1 Å². The molecule has 0 unspecified atom stereocenters. The second kappa shape index (κ2) is 8.55. The fourth-order valence-electron chi connectivity index (χ4n) is 2.85. The van der Waals surface area contributed by atoms with Gasteiger partial charge in [0.05, 0.1) is 16.7 Å². The zero-order chi connectivity index (χ0) is 21.9. The average molecular weight is 400 g/mol. The van der Waals surface area contributed by atoms with Crippen molar-refractivity contribution in [2.45, 2.75) is 34.3 Å². The average Bonchev–Trinajstić information content (AvgIpc) is 2.62. The van der Waals surface area contributed by atoms with Crippen molar-refractivity contribution < 1.29 is 38.9 Å². The van der Waals surface area contributed by atoms with Crippen LogP contribution in [0.5, 0.6) is 17.2 Å². The Labute approximate surface area is 166 Å². The van der Waals surface area contributed by atoms with Crippen LogP contribution in [0, 0.1) is 6.92 Å². The lowest BCUT2D eigenvalue weighted by Gasteiger charge is -2.18. The normalized spacial score (nSPS) is 10.3. The Morgan fingerprint density at radius 2 is 1.52 bits per heavy atom. The molecule has 0 fully saturated rings. The van der Waals surface area contributed by atoms with Crippen molar-refractivity contribution in [2.75, 3.05) is 0 Å². The summed E-state index contributed by atoms with van der Waals surface area (Å²) >= 11 is 0. The van der Waals surface area contributed by atoms with E-state index >= 15 is 0 Å². The molecular formula is C21H20O8. The highest BCUT2D eigenvalue weighted by atomic mass is 16.5. The van der Waals surface area contributed by atoms with Crippen LogP contribution < -0.4 is 4.74 Å². The second-order valence-corrected chi connectivity index (χ2v) is 6.42. The van der Waals surface area contributed by atoms with E-state index in [1.54, 1.807) is 18.2 Å².